The largest absolute Gasteiger partial charge is 0.482 e. The first kappa shape index (κ1) is 19.5. The molecule has 1 heterocycles. The van der Waals surface area contributed by atoms with Gasteiger partial charge < -0.3 is 23.9 Å². The Balaban J connectivity index is 1.79. The Hall–Kier alpha value is -2.87. The van der Waals surface area contributed by atoms with Crippen molar-refractivity contribution in [2.45, 2.75) is 13.3 Å². The summed E-state index contributed by atoms with van der Waals surface area (Å²) < 4.78 is 20.1. The fourth-order valence-corrected chi connectivity index (χ4v) is 2.22. The van der Waals surface area contributed by atoms with E-state index in [1.807, 2.05) is 0 Å². The van der Waals surface area contributed by atoms with Crippen LogP contribution >= 0.6 is 0 Å². The molecule has 26 heavy (non-hydrogen) atoms. The van der Waals surface area contributed by atoms with Crippen LogP contribution in [0.3, 0.4) is 0 Å². The third-order valence-corrected chi connectivity index (χ3v) is 3.49. The number of aryl methyl sites for hydroxylation is 1. The van der Waals surface area contributed by atoms with E-state index in [2.05, 4.69) is 5.32 Å². The number of rotatable bonds is 9. The highest BCUT2D eigenvalue weighted by molar-refractivity contribution is 5.82. The van der Waals surface area contributed by atoms with Crippen LogP contribution < -0.4 is 15.7 Å². The molecule has 0 radical (unpaired) electrons. The Morgan fingerprint density at radius 1 is 1.19 bits per heavy atom. The summed E-state index contributed by atoms with van der Waals surface area (Å²) in [5.74, 6) is -0.715. The second kappa shape index (κ2) is 9.57. The van der Waals surface area contributed by atoms with Gasteiger partial charge in [0.2, 0.25) is 0 Å². The number of hydrogen-bond donors (Lipinski definition) is 1. The van der Waals surface area contributed by atoms with Crippen molar-refractivity contribution in [2.24, 2.45) is 0 Å². The van der Waals surface area contributed by atoms with Crippen molar-refractivity contribution >= 4 is 22.8 Å². The van der Waals surface area contributed by atoms with E-state index in [1.54, 1.807) is 26.2 Å². The fraction of sp³-hybridized carbons (Fsp3) is 0.389. The third kappa shape index (κ3) is 5.89. The number of carbonyl (C=O) groups excluding carboxylic acids is 2. The first-order valence-corrected chi connectivity index (χ1v) is 8.08. The van der Waals surface area contributed by atoms with Crippen molar-refractivity contribution in [1.82, 2.24) is 5.32 Å². The molecule has 0 fully saturated rings. The first-order valence-electron chi connectivity index (χ1n) is 8.08. The summed E-state index contributed by atoms with van der Waals surface area (Å²) in [6.07, 6.45) is 0.677. The molecule has 2 aromatic rings. The summed E-state index contributed by atoms with van der Waals surface area (Å²) in [5, 5.41) is 3.38. The lowest BCUT2D eigenvalue weighted by Gasteiger charge is -2.08. The van der Waals surface area contributed by atoms with Crippen molar-refractivity contribution in [1.29, 1.82) is 0 Å². The molecule has 0 aliphatic heterocycles. The molecular formula is C18H21NO7. The van der Waals surface area contributed by atoms with E-state index in [-0.39, 0.29) is 13.2 Å². The molecule has 0 atom stereocenters. The lowest BCUT2D eigenvalue weighted by molar-refractivity contribution is -0.150. The molecule has 8 heteroatoms. The first-order chi connectivity index (χ1) is 12.5. The van der Waals surface area contributed by atoms with E-state index >= 15 is 0 Å². The fourth-order valence-electron chi connectivity index (χ4n) is 2.22. The van der Waals surface area contributed by atoms with Crippen molar-refractivity contribution in [3.05, 3.63) is 40.2 Å². The molecule has 0 aliphatic rings. The number of nitrogens with one attached hydrogen (secondary N) is 1. The van der Waals surface area contributed by atoms with Crippen LogP contribution in [0.25, 0.3) is 11.0 Å². The van der Waals surface area contributed by atoms with E-state index in [1.165, 1.54) is 12.1 Å². The van der Waals surface area contributed by atoms with E-state index in [0.29, 0.717) is 30.9 Å². The molecule has 0 aliphatic carbocycles. The summed E-state index contributed by atoms with van der Waals surface area (Å²) in [6, 6.07) is 6.33. The smallest absolute Gasteiger partial charge is 0.344 e. The van der Waals surface area contributed by atoms with Gasteiger partial charge in [0.1, 0.15) is 11.3 Å². The van der Waals surface area contributed by atoms with Gasteiger partial charge in [0.25, 0.3) is 5.91 Å². The predicted molar refractivity (Wildman–Crippen MR) is 93.2 cm³/mol. The molecule has 0 spiro atoms. The van der Waals surface area contributed by atoms with Crippen LogP contribution in [0.1, 0.15) is 12.0 Å². The van der Waals surface area contributed by atoms with Gasteiger partial charge in [-0.1, -0.05) is 0 Å². The van der Waals surface area contributed by atoms with Gasteiger partial charge in [-0.05, 0) is 31.0 Å². The highest BCUT2D eigenvalue weighted by atomic mass is 16.6. The van der Waals surface area contributed by atoms with Gasteiger partial charge in [0, 0.05) is 37.8 Å². The van der Waals surface area contributed by atoms with Crippen LogP contribution in [0.2, 0.25) is 0 Å². The number of amides is 1. The van der Waals surface area contributed by atoms with Crippen molar-refractivity contribution < 1.29 is 28.2 Å². The van der Waals surface area contributed by atoms with Crippen LogP contribution in [-0.2, 0) is 19.1 Å². The molecule has 8 nitrogen and oxygen atoms in total. The quantitative estimate of drug-likeness (QED) is 0.405. The Morgan fingerprint density at radius 2 is 2.00 bits per heavy atom. The SMILES string of the molecule is COCCCNC(=O)COC(=O)COc1ccc2c(C)cc(=O)oc2c1. The highest BCUT2D eigenvalue weighted by Gasteiger charge is 2.09. The van der Waals surface area contributed by atoms with E-state index in [0.717, 1.165) is 10.9 Å². The number of methoxy groups -OCH3 is 1. The maximum absolute atomic E-state index is 11.6. The number of carbonyl (C=O) groups is 2. The number of ether oxygens (including phenoxy) is 3. The van der Waals surface area contributed by atoms with Gasteiger partial charge >= 0.3 is 11.6 Å². The Morgan fingerprint density at radius 3 is 2.77 bits per heavy atom. The van der Waals surface area contributed by atoms with Gasteiger partial charge in [0.05, 0.1) is 0 Å². The molecular weight excluding hydrogens is 342 g/mol. The van der Waals surface area contributed by atoms with E-state index < -0.39 is 17.5 Å². The molecule has 140 valence electrons. The molecule has 2 rings (SSSR count). The lowest BCUT2D eigenvalue weighted by Crippen LogP contribution is -2.31. The zero-order chi connectivity index (χ0) is 18.9. The zero-order valence-corrected chi connectivity index (χ0v) is 14.7. The summed E-state index contributed by atoms with van der Waals surface area (Å²) in [7, 11) is 1.58. The molecule has 1 aromatic carbocycles. The summed E-state index contributed by atoms with van der Waals surface area (Å²) >= 11 is 0. The second-order valence-electron chi connectivity index (χ2n) is 5.55. The number of fused-ring (bicyclic) bond motifs is 1. The van der Waals surface area contributed by atoms with Gasteiger partial charge in [-0.25, -0.2) is 9.59 Å². The Bertz CT molecular complexity index is 828. The summed E-state index contributed by atoms with van der Waals surface area (Å²) in [5.41, 5.74) is 0.707. The number of hydrogen-bond acceptors (Lipinski definition) is 7. The average Bonchev–Trinajstić information content (AvgIpc) is 2.61. The molecule has 0 bridgehead atoms. The van der Waals surface area contributed by atoms with Crippen molar-refractivity contribution in [3.8, 4) is 5.75 Å². The predicted octanol–water partition coefficient (Wildman–Crippen LogP) is 1.18. The van der Waals surface area contributed by atoms with Crippen LogP contribution in [0.5, 0.6) is 5.75 Å². The van der Waals surface area contributed by atoms with E-state index in [4.69, 9.17) is 18.6 Å². The minimum atomic E-state index is -0.678. The maximum Gasteiger partial charge on any atom is 0.344 e. The van der Waals surface area contributed by atoms with Crippen LogP contribution in [0, 0.1) is 6.92 Å². The summed E-state index contributed by atoms with van der Waals surface area (Å²) in [4.78, 5) is 34.5. The molecule has 1 amide bonds. The monoisotopic (exact) mass is 363 g/mol. The minimum Gasteiger partial charge on any atom is -0.482 e. The number of benzene rings is 1. The maximum atomic E-state index is 11.6. The molecule has 1 aromatic heterocycles. The van der Waals surface area contributed by atoms with Crippen LogP contribution in [0.15, 0.2) is 33.5 Å². The van der Waals surface area contributed by atoms with Gasteiger partial charge in [-0.15, -0.1) is 0 Å². The normalized spacial score (nSPS) is 10.5. The van der Waals surface area contributed by atoms with Gasteiger partial charge in [-0.3, -0.25) is 4.79 Å². The van der Waals surface area contributed by atoms with E-state index in [9.17, 15) is 14.4 Å². The standard InChI is InChI=1S/C18H21NO7/c1-12-8-17(21)26-15-9-13(4-5-14(12)15)24-11-18(22)25-10-16(20)19-6-3-7-23-2/h4-5,8-9H,3,6-7,10-11H2,1-2H3,(H,19,20). The molecule has 1 N–H and O–H groups in total. The third-order valence-electron chi connectivity index (χ3n) is 3.49. The molecule has 0 unspecified atom stereocenters. The average molecular weight is 363 g/mol. The summed E-state index contributed by atoms with van der Waals surface area (Å²) in [6.45, 7) is 2.05. The van der Waals surface area contributed by atoms with Gasteiger partial charge in [-0.2, -0.15) is 0 Å². The van der Waals surface area contributed by atoms with Crippen molar-refractivity contribution in [3.63, 3.8) is 0 Å². The van der Waals surface area contributed by atoms with Crippen LogP contribution in [0.4, 0.5) is 0 Å². The molecule has 0 saturated carbocycles. The minimum absolute atomic E-state index is 0.354. The zero-order valence-electron chi connectivity index (χ0n) is 14.7. The topological polar surface area (TPSA) is 104 Å². The Labute approximate surface area is 150 Å². The Kier molecular flexibility index (Phi) is 7.16. The highest BCUT2D eigenvalue weighted by Crippen LogP contribution is 2.22. The van der Waals surface area contributed by atoms with Crippen LogP contribution in [-0.4, -0.2) is 45.4 Å². The van der Waals surface area contributed by atoms with Crippen molar-refractivity contribution in [2.75, 3.05) is 33.5 Å². The number of esters is 1. The van der Waals surface area contributed by atoms with Gasteiger partial charge in [0.15, 0.2) is 13.2 Å². The lowest BCUT2D eigenvalue weighted by atomic mass is 10.1. The second-order valence-corrected chi connectivity index (χ2v) is 5.55. The molecule has 0 saturated heterocycles.